The van der Waals surface area contributed by atoms with Crippen LogP contribution in [0.2, 0.25) is 0 Å². The molecule has 1 rings (SSSR count). The number of ether oxygens (including phenoxy) is 2. The van der Waals surface area contributed by atoms with Gasteiger partial charge in [-0.2, -0.15) is 5.26 Å². The van der Waals surface area contributed by atoms with E-state index in [-0.39, 0.29) is 6.29 Å². The first-order chi connectivity index (χ1) is 7.93. The molecular formula is C13H19NO2. The van der Waals surface area contributed by atoms with Crippen LogP contribution < -0.4 is 0 Å². The third kappa shape index (κ3) is 6.45. The quantitative estimate of drug-likeness (QED) is 0.529. The van der Waals surface area contributed by atoms with Gasteiger partial charge in [-0.1, -0.05) is 0 Å². The highest BCUT2D eigenvalue weighted by Gasteiger charge is 2.12. The van der Waals surface area contributed by atoms with Gasteiger partial charge in [0.15, 0.2) is 6.29 Å². The molecule has 88 valence electrons. The summed E-state index contributed by atoms with van der Waals surface area (Å²) in [5, 5.41) is 8.32. The van der Waals surface area contributed by atoms with E-state index >= 15 is 0 Å². The van der Waals surface area contributed by atoms with E-state index in [9.17, 15) is 0 Å². The smallest absolute Gasteiger partial charge is 0.157 e. The van der Waals surface area contributed by atoms with E-state index in [2.05, 4.69) is 17.9 Å². The monoisotopic (exact) mass is 221 g/mol. The lowest BCUT2D eigenvalue weighted by atomic mass is 10.2. The van der Waals surface area contributed by atoms with E-state index < -0.39 is 0 Å². The number of hydrogen-bond acceptors (Lipinski definition) is 3. The SMILES string of the molecule is N#CCCCC#CCCOC1CCCCO1. The standard InChI is InChI=1S/C13H19NO2/c14-10-6-3-1-2-4-7-11-15-13-9-5-8-12-16-13/h13H,1,3,5-9,11-12H2. The molecule has 0 saturated carbocycles. The van der Waals surface area contributed by atoms with Crippen LogP contribution in [-0.2, 0) is 9.47 Å². The van der Waals surface area contributed by atoms with Gasteiger partial charge in [-0.3, -0.25) is 0 Å². The van der Waals surface area contributed by atoms with Crippen LogP contribution in [0.3, 0.4) is 0 Å². The molecule has 16 heavy (non-hydrogen) atoms. The number of nitrogens with zero attached hydrogens (tertiary/aromatic N) is 1. The van der Waals surface area contributed by atoms with Crippen molar-refractivity contribution in [2.75, 3.05) is 13.2 Å². The van der Waals surface area contributed by atoms with E-state index in [1.165, 1.54) is 6.42 Å². The Labute approximate surface area is 97.7 Å². The van der Waals surface area contributed by atoms with Crippen molar-refractivity contribution in [2.24, 2.45) is 0 Å². The van der Waals surface area contributed by atoms with Gasteiger partial charge in [0, 0.05) is 25.9 Å². The highest BCUT2D eigenvalue weighted by atomic mass is 16.7. The van der Waals surface area contributed by atoms with Crippen LogP contribution in [0.4, 0.5) is 0 Å². The topological polar surface area (TPSA) is 42.2 Å². The fraction of sp³-hybridized carbons (Fsp3) is 0.769. The summed E-state index contributed by atoms with van der Waals surface area (Å²) in [5.41, 5.74) is 0. The second kappa shape index (κ2) is 9.21. The Morgan fingerprint density at radius 3 is 2.81 bits per heavy atom. The van der Waals surface area contributed by atoms with Gasteiger partial charge in [0.1, 0.15) is 0 Å². The van der Waals surface area contributed by atoms with Crippen LogP contribution >= 0.6 is 0 Å². The van der Waals surface area contributed by atoms with Crippen molar-refractivity contribution in [1.29, 1.82) is 5.26 Å². The highest BCUT2D eigenvalue weighted by Crippen LogP contribution is 2.13. The van der Waals surface area contributed by atoms with Gasteiger partial charge < -0.3 is 9.47 Å². The number of rotatable bonds is 5. The van der Waals surface area contributed by atoms with Crippen LogP contribution in [0, 0.1) is 23.2 Å². The van der Waals surface area contributed by atoms with Crippen molar-refractivity contribution in [3.63, 3.8) is 0 Å². The van der Waals surface area contributed by atoms with Crippen LogP contribution in [0.1, 0.15) is 44.9 Å². The van der Waals surface area contributed by atoms with E-state index in [1.807, 2.05) is 0 Å². The normalized spacial score (nSPS) is 19.6. The molecule has 0 bridgehead atoms. The van der Waals surface area contributed by atoms with E-state index in [0.29, 0.717) is 13.0 Å². The second-order valence-electron chi connectivity index (χ2n) is 3.78. The molecule has 0 aliphatic carbocycles. The van der Waals surface area contributed by atoms with Crippen LogP contribution in [0.15, 0.2) is 0 Å². The first-order valence-electron chi connectivity index (χ1n) is 5.99. The molecule has 0 aromatic carbocycles. The minimum atomic E-state index is -0.00543. The van der Waals surface area contributed by atoms with Crippen LogP contribution in [-0.4, -0.2) is 19.5 Å². The third-order valence-corrected chi connectivity index (χ3v) is 2.38. The van der Waals surface area contributed by atoms with Crippen molar-refractivity contribution >= 4 is 0 Å². The summed E-state index contributed by atoms with van der Waals surface area (Å²) in [7, 11) is 0. The summed E-state index contributed by atoms with van der Waals surface area (Å²) in [6, 6.07) is 2.10. The Morgan fingerprint density at radius 1 is 1.19 bits per heavy atom. The van der Waals surface area contributed by atoms with Crippen LogP contribution in [0.25, 0.3) is 0 Å². The molecule has 0 spiro atoms. The number of unbranched alkanes of at least 4 members (excludes halogenated alkanes) is 2. The second-order valence-corrected chi connectivity index (χ2v) is 3.78. The molecule has 0 N–H and O–H groups in total. The van der Waals surface area contributed by atoms with Crippen molar-refractivity contribution in [2.45, 2.75) is 51.2 Å². The van der Waals surface area contributed by atoms with Gasteiger partial charge in [-0.25, -0.2) is 0 Å². The maximum Gasteiger partial charge on any atom is 0.157 e. The van der Waals surface area contributed by atoms with Crippen molar-refractivity contribution < 1.29 is 9.47 Å². The molecule has 1 fully saturated rings. The zero-order valence-electron chi connectivity index (χ0n) is 9.71. The fourth-order valence-electron chi connectivity index (χ4n) is 1.52. The lowest BCUT2D eigenvalue weighted by molar-refractivity contribution is -0.161. The van der Waals surface area contributed by atoms with E-state index in [1.54, 1.807) is 0 Å². The van der Waals surface area contributed by atoms with Gasteiger partial charge in [0.2, 0.25) is 0 Å². The molecule has 0 amide bonds. The summed E-state index contributed by atoms with van der Waals surface area (Å²) in [6.07, 6.45) is 6.39. The van der Waals surface area contributed by atoms with Gasteiger partial charge in [-0.05, 0) is 25.7 Å². The molecule has 1 atom stereocenters. The van der Waals surface area contributed by atoms with E-state index in [4.69, 9.17) is 14.7 Å². The van der Waals surface area contributed by atoms with E-state index in [0.717, 1.165) is 38.7 Å². The summed E-state index contributed by atoms with van der Waals surface area (Å²) in [4.78, 5) is 0. The zero-order valence-corrected chi connectivity index (χ0v) is 9.71. The minimum Gasteiger partial charge on any atom is -0.353 e. The third-order valence-electron chi connectivity index (χ3n) is 2.38. The van der Waals surface area contributed by atoms with Gasteiger partial charge in [0.25, 0.3) is 0 Å². The molecule has 1 unspecified atom stereocenters. The predicted octanol–water partition coefficient (Wildman–Crippen LogP) is 2.62. The molecule has 3 nitrogen and oxygen atoms in total. The number of nitriles is 1. The summed E-state index contributed by atoms with van der Waals surface area (Å²) < 4.78 is 11.0. The Hall–Kier alpha value is -1.03. The molecule has 0 radical (unpaired) electrons. The summed E-state index contributed by atoms with van der Waals surface area (Å²) >= 11 is 0. The zero-order chi connectivity index (χ0) is 11.5. The number of hydrogen-bond donors (Lipinski definition) is 0. The minimum absolute atomic E-state index is 0.00543. The van der Waals surface area contributed by atoms with Gasteiger partial charge in [0.05, 0.1) is 12.7 Å². The lowest BCUT2D eigenvalue weighted by Crippen LogP contribution is -2.22. The highest BCUT2D eigenvalue weighted by molar-refractivity contribution is 4.99. The van der Waals surface area contributed by atoms with Crippen LogP contribution in [0.5, 0.6) is 0 Å². The molecule has 1 aliphatic heterocycles. The van der Waals surface area contributed by atoms with Gasteiger partial charge >= 0.3 is 0 Å². The Kier molecular flexibility index (Phi) is 7.51. The summed E-state index contributed by atoms with van der Waals surface area (Å²) in [5.74, 6) is 6.08. The lowest BCUT2D eigenvalue weighted by Gasteiger charge is -2.22. The first kappa shape index (κ1) is 13.0. The van der Waals surface area contributed by atoms with Crippen molar-refractivity contribution in [3.8, 4) is 17.9 Å². The summed E-state index contributed by atoms with van der Waals surface area (Å²) in [6.45, 7) is 1.47. The Balaban J connectivity index is 1.92. The molecule has 1 heterocycles. The largest absolute Gasteiger partial charge is 0.353 e. The van der Waals surface area contributed by atoms with Gasteiger partial charge in [-0.15, -0.1) is 11.8 Å². The molecule has 0 aromatic heterocycles. The Bertz CT molecular complexity index is 266. The maximum atomic E-state index is 8.32. The Morgan fingerprint density at radius 2 is 2.06 bits per heavy atom. The predicted molar refractivity (Wildman–Crippen MR) is 61.4 cm³/mol. The molecule has 1 saturated heterocycles. The molecule has 3 heteroatoms. The average molecular weight is 221 g/mol. The molecular weight excluding hydrogens is 202 g/mol. The molecule has 1 aliphatic rings. The van der Waals surface area contributed by atoms with Crippen molar-refractivity contribution in [1.82, 2.24) is 0 Å². The van der Waals surface area contributed by atoms with Crippen molar-refractivity contribution in [3.05, 3.63) is 0 Å². The fourth-order valence-corrected chi connectivity index (χ4v) is 1.52. The first-order valence-corrected chi connectivity index (χ1v) is 5.99. The molecule has 0 aromatic rings. The maximum absolute atomic E-state index is 8.32. The average Bonchev–Trinajstić information content (AvgIpc) is 2.34.